The maximum absolute atomic E-state index is 11.0. The summed E-state index contributed by atoms with van der Waals surface area (Å²) in [7, 11) is 0. The van der Waals surface area contributed by atoms with E-state index in [4.69, 9.17) is 4.74 Å². The Morgan fingerprint density at radius 3 is 2.39 bits per heavy atom. The normalized spacial score (nSPS) is 11.8. The zero-order valence-corrected chi connectivity index (χ0v) is 10.4. The Bertz CT molecular complexity index is 506. The van der Waals surface area contributed by atoms with Crippen LogP contribution in [0.2, 0.25) is 0 Å². The standard InChI is InChI=1S/C16H16O2/c1-2-15(13-8-4-3-5-9-13)18-16-11-7-6-10-14(16)12-17/h3-12,15H,2H2,1H3. The van der Waals surface area contributed by atoms with Crippen molar-refractivity contribution < 1.29 is 9.53 Å². The highest BCUT2D eigenvalue weighted by Gasteiger charge is 2.12. The second kappa shape index (κ2) is 6.01. The largest absolute Gasteiger partial charge is 0.485 e. The second-order valence-corrected chi connectivity index (χ2v) is 4.08. The highest BCUT2D eigenvalue weighted by molar-refractivity contribution is 5.79. The topological polar surface area (TPSA) is 26.3 Å². The summed E-state index contributed by atoms with van der Waals surface area (Å²) in [6.07, 6.45) is 1.66. The number of aldehydes is 1. The minimum Gasteiger partial charge on any atom is -0.485 e. The van der Waals surface area contributed by atoms with Gasteiger partial charge in [0.25, 0.3) is 0 Å². The highest BCUT2D eigenvalue weighted by Crippen LogP contribution is 2.26. The molecule has 0 spiro atoms. The van der Waals surface area contributed by atoms with Crippen molar-refractivity contribution in [1.82, 2.24) is 0 Å². The summed E-state index contributed by atoms with van der Waals surface area (Å²) in [5, 5.41) is 0. The van der Waals surface area contributed by atoms with Crippen molar-refractivity contribution in [1.29, 1.82) is 0 Å². The number of para-hydroxylation sites is 1. The number of hydrogen-bond acceptors (Lipinski definition) is 2. The van der Waals surface area contributed by atoms with Crippen molar-refractivity contribution in [3.63, 3.8) is 0 Å². The van der Waals surface area contributed by atoms with Crippen LogP contribution in [0.15, 0.2) is 54.6 Å². The van der Waals surface area contributed by atoms with Crippen molar-refractivity contribution in [2.75, 3.05) is 0 Å². The Kier molecular flexibility index (Phi) is 4.13. The fourth-order valence-corrected chi connectivity index (χ4v) is 1.89. The maximum atomic E-state index is 11.0. The summed E-state index contributed by atoms with van der Waals surface area (Å²) in [4.78, 5) is 11.0. The first-order valence-corrected chi connectivity index (χ1v) is 6.11. The summed E-state index contributed by atoms with van der Waals surface area (Å²) in [6, 6.07) is 17.3. The van der Waals surface area contributed by atoms with Crippen LogP contribution < -0.4 is 4.74 Å². The lowest BCUT2D eigenvalue weighted by Crippen LogP contribution is -2.07. The van der Waals surface area contributed by atoms with Crippen LogP contribution >= 0.6 is 0 Å². The van der Waals surface area contributed by atoms with Gasteiger partial charge in [-0.2, -0.15) is 0 Å². The molecule has 18 heavy (non-hydrogen) atoms. The molecule has 0 saturated carbocycles. The minimum atomic E-state index is -0.0210. The zero-order chi connectivity index (χ0) is 12.8. The molecule has 0 aliphatic heterocycles. The number of hydrogen-bond donors (Lipinski definition) is 0. The van der Waals surface area contributed by atoms with E-state index in [-0.39, 0.29) is 6.10 Å². The molecule has 0 fully saturated rings. The van der Waals surface area contributed by atoms with Gasteiger partial charge in [0.05, 0.1) is 5.56 Å². The van der Waals surface area contributed by atoms with Gasteiger partial charge in [-0.1, -0.05) is 49.4 Å². The van der Waals surface area contributed by atoms with Crippen LogP contribution in [0.4, 0.5) is 0 Å². The molecule has 2 nitrogen and oxygen atoms in total. The first-order valence-electron chi connectivity index (χ1n) is 6.11. The Labute approximate surface area is 107 Å². The summed E-state index contributed by atoms with van der Waals surface area (Å²) in [5.41, 5.74) is 1.72. The predicted octanol–water partition coefficient (Wildman–Crippen LogP) is 4.03. The third-order valence-corrected chi connectivity index (χ3v) is 2.86. The number of carbonyl (C=O) groups is 1. The zero-order valence-electron chi connectivity index (χ0n) is 10.4. The van der Waals surface area contributed by atoms with Gasteiger partial charge in [0.15, 0.2) is 6.29 Å². The SMILES string of the molecule is CCC(Oc1ccccc1C=O)c1ccccc1. The van der Waals surface area contributed by atoms with Crippen molar-refractivity contribution in [3.05, 3.63) is 65.7 Å². The van der Waals surface area contributed by atoms with Gasteiger partial charge in [0.1, 0.15) is 11.9 Å². The molecule has 2 rings (SSSR count). The van der Waals surface area contributed by atoms with Crippen molar-refractivity contribution in [2.45, 2.75) is 19.4 Å². The molecule has 1 unspecified atom stereocenters. The molecule has 2 heteroatoms. The highest BCUT2D eigenvalue weighted by atomic mass is 16.5. The van der Waals surface area contributed by atoms with Crippen LogP contribution in [-0.4, -0.2) is 6.29 Å². The molecular formula is C16H16O2. The summed E-state index contributed by atoms with van der Waals surface area (Å²) in [6.45, 7) is 2.07. The average Bonchev–Trinajstić information content (AvgIpc) is 2.46. The fourth-order valence-electron chi connectivity index (χ4n) is 1.89. The molecule has 0 N–H and O–H groups in total. The molecule has 0 aliphatic rings. The second-order valence-electron chi connectivity index (χ2n) is 4.08. The van der Waals surface area contributed by atoms with Gasteiger partial charge in [-0.25, -0.2) is 0 Å². The molecule has 0 aromatic heterocycles. The Morgan fingerprint density at radius 1 is 1.06 bits per heavy atom. The van der Waals surface area contributed by atoms with Crippen LogP contribution in [0.5, 0.6) is 5.75 Å². The van der Waals surface area contributed by atoms with Gasteiger partial charge < -0.3 is 4.74 Å². The van der Waals surface area contributed by atoms with Crippen molar-refractivity contribution in [3.8, 4) is 5.75 Å². The van der Waals surface area contributed by atoms with Gasteiger partial charge in [-0.3, -0.25) is 4.79 Å². The molecule has 0 amide bonds. The first kappa shape index (κ1) is 12.4. The molecule has 0 aliphatic carbocycles. The monoisotopic (exact) mass is 240 g/mol. The van der Waals surface area contributed by atoms with E-state index >= 15 is 0 Å². The van der Waals surface area contributed by atoms with E-state index in [0.29, 0.717) is 11.3 Å². The number of rotatable bonds is 5. The number of benzene rings is 2. The fraction of sp³-hybridized carbons (Fsp3) is 0.188. The Morgan fingerprint density at radius 2 is 1.72 bits per heavy atom. The molecule has 2 aromatic carbocycles. The van der Waals surface area contributed by atoms with E-state index in [1.165, 1.54) is 0 Å². The molecule has 0 heterocycles. The lowest BCUT2D eigenvalue weighted by Gasteiger charge is -2.18. The van der Waals surface area contributed by atoms with Crippen molar-refractivity contribution in [2.24, 2.45) is 0 Å². The predicted molar refractivity (Wildman–Crippen MR) is 71.9 cm³/mol. The van der Waals surface area contributed by atoms with Gasteiger partial charge in [-0.15, -0.1) is 0 Å². The number of carbonyl (C=O) groups excluding carboxylic acids is 1. The van der Waals surface area contributed by atoms with E-state index in [1.807, 2.05) is 48.5 Å². The molecule has 0 saturated heterocycles. The summed E-state index contributed by atoms with van der Waals surface area (Å²) >= 11 is 0. The van der Waals surface area contributed by atoms with E-state index < -0.39 is 0 Å². The smallest absolute Gasteiger partial charge is 0.153 e. The van der Waals surface area contributed by atoms with Crippen LogP contribution in [0.3, 0.4) is 0 Å². The van der Waals surface area contributed by atoms with E-state index in [9.17, 15) is 4.79 Å². The summed E-state index contributed by atoms with van der Waals surface area (Å²) in [5.74, 6) is 0.642. The molecule has 0 radical (unpaired) electrons. The maximum Gasteiger partial charge on any atom is 0.153 e. The van der Waals surface area contributed by atoms with Gasteiger partial charge >= 0.3 is 0 Å². The Balaban J connectivity index is 2.23. The molecule has 1 atom stereocenters. The quantitative estimate of drug-likeness (QED) is 0.737. The molecular weight excluding hydrogens is 224 g/mol. The van der Waals surface area contributed by atoms with E-state index in [0.717, 1.165) is 18.3 Å². The lowest BCUT2D eigenvalue weighted by atomic mass is 10.1. The minimum absolute atomic E-state index is 0.0210. The average molecular weight is 240 g/mol. The molecule has 92 valence electrons. The van der Waals surface area contributed by atoms with Gasteiger partial charge in [0.2, 0.25) is 0 Å². The molecule has 0 bridgehead atoms. The van der Waals surface area contributed by atoms with Gasteiger partial charge in [-0.05, 0) is 24.1 Å². The lowest BCUT2D eigenvalue weighted by molar-refractivity contribution is 0.111. The van der Waals surface area contributed by atoms with Crippen LogP contribution in [0.25, 0.3) is 0 Å². The number of ether oxygens (including phenoxy) is 1. The van der Waals surface area contributed by atoms with E-state index in [2.05, 4.69) is 6.92 Å². The van der Waals surface area contributed by atoms with E-state index in [1.54, 1.807) is 6.07 Å². The Hall–Kier alpha value is -2.09. The first-order chi connectivity index (χ1) is 8.85. The summed E-state index contributed by atoms with van der Waals surface area (Å²) < 4.78 is 5.94. The molecule has 2 aromatic rings. The van der Waals surface area contributed by atoms with Gasteiger partial charge in [0, 0.05) is 0 Å². The third kappa shape index (κ3) is 2.77. The van der Waals surface area contributed by atoms with Crippen molar-refractivity contribution >= 4 is 6.29 Å². The van der Waals surface area contributed by atoms with Crippen LogP contribution in [0.1, 0.15) is 35.4 Å². The van der Waals surface area contributed by atoms with Crippen LogP contribution in [-0.2, 0) is 0 Å². The third-order valence-electron chi connectivity index (χ3n) is 2.86. The van der Waals surface area contributed by atoms with Crippen LogP contribution in [0, 0.1) is 0 Å².